The molecule has 3 nitrogen and oxygen atoms in total. The van der Waals surface area contributed by atoms with Crippen molar-refractivity contribution in [1.82, 2.24) is 5.32 Å². The number of rotatable bonds is 3. The zero-order valence-electron chi connectivity index (χ0n) is 9.65. The summed E-state index contributed by atoms with van der Waals surface area (Å²) in [4.78, 5) is 0. The van der Waals surface area contributed by atoms with Crippen LogP contribution in [0.3, 0.4) is 0 Å². The van der Waals surface area contributed by atoms with Gasteiger partial charge in [-0.3, -0.25) is 0 Å². The molecule has 0 fully saturated rings. The number of hydrogen-bond acceptors (Lipinski definition) is 3. The molecular weight excluding hydrogens is 202 g/mol. The van der Waals surface area contributed by atoms with Crippen molar-refractivity contribution in [2.75, 3.05) is 13.2 Å². The molecular formula is C13H19NO2. The summed E-state index contributed by atoms with van der Waals surface area (Å²) in [5.74, 6) is 0.975. The third-order valence-electron chi connectivity index (χ3n) is 2.85. The zero-order chi connectivity index (χ0) is 11.4. The van der Waals surface area contributed by atoms with E-state index in [4.69, 9.17) is 4.74 Å². The molecule has 0 spiro atoms. The average Bonchev–Trinajstić information content (AvgIpc) is 2.48. The summed E-state index contributed by atoms with van der Waals surface area (Å²) in [6.45, 7) is 3.20. The first kappa shape index (κ1) is 11.4. The Kier molecular flexibility index (Phi) is 3.80. The van der Waals surface area contributed by atoms with Gasteiger partial charge in [0.25, 0.3) is 0 Å². The Bertz CT molecular complexity index is 338. The van der Waals surface area contributed by atoms with E-state index in [0.717, 1.165) is 25.2 Å². The van der Waals surface area contributed by atoms with Crippen LogP contribution in [0.4, 0.5) is 0 Å². The van der Waals surface area contributed by atoms with E-state index in [1.165, 1.54) is 5.56 Å². The Labute approximate surface area is 96.4 Å². The number of aliphatic hydroxyl groups is 1. The summed E-state index contributed by atoms with van der Waals surface area (Å²) in [5, 5.41) is 12.7. The first-order valence-corrected chi connectivity index (χ1v) is 5.90. The number of aliphatic hydroxyl groups excluding tert-OH is 1. The number of fused-ring (bicyclic) bond motifs is 1. The third kappa shape index (κ3) is 2.74. The molecule has 3 heteroatoms. The molecule has 2 rings (SSSR count). The van der Waals surface area contributed by atoms with Crippen molar-refractivity contribution in [3.63, 3.8) is 0 Å². The molecule has 88 valence electrons. The molecule has 0 aromatic heterocycles. The quantitative estimate of drug-likeness (QED) is 0.818. The van der Waals surface area contributed by atoms with Crippen molar-refractivity contribution in [2.45, 2.75) is 31.9 Å². The highest BCUT2D eigenvalue weighted by Gasteiger charge is 2.18. The number of para-hydroxylation sites is 1. The molecule has 1 unspecified atom stereocenters. The van der Waals surface area contributed by atoms with Crippen molar-refractivity contribution < 1.29 is 9.84 Å². The fourth-order valence-corrected chi connectivity index (χ4v) is 2.05. The SMILES string of the molecule is C[C@@H](O)CNC1CCCOc2ccccc21. The minimum Gasteiger partial charge on any atom is -0.493 e. The van der Waals surface area contributed by atoms with Gasteiger partial charge >= 0.3 is 0 Å². The topological polar surface area (TPSA) is 41.5 Å². The minimum absolute atomic E-state index is 0.299. The molecule has 1 aromatic carbocycles. The predicted molar refractivity (Wildman–Crippen MR) is 63.6 cm³/mol. The fraction of sp³-hybridized carbons (Fsp3) is 0.538. The van der Waals surface area contributed by atoms with Crippen LogP contribution in [0.1, 0.15) is 31.4 Å². The summed E-state index contributed by atoms with van der Waals surface area (Å²) in [6.07, 6.45) is 1.80. The average molecular weight is 221 g/mol. The van der Waals surface area contributed by atoms with E-state index in [0.29, 0.717) is 12.6 Å². The normalized spacial score (nSPS) is 21.8. The number of hydrogen-bond donors (Lipinski definition) is 2. The van der Waals surface area contributed by atoms with Gasteiger partial charge in [-0.1, -0.05) is 18.2 Å². The van der Waals surface area contributed by atoms with Crippen LogP contribution < -0.4 is 10.1 Å². The standard InChI is InChI=1S/C13H19NO2/c1-10(15)9-14-12-6-4-8-16-13-7-3-2-5-11(12)13/h2-3,5,7,10,12,14-15H,4,6,8-9H2,1H3/t10-,12?/m1/s1. The van der Waals surface area contributed by atoms with Gasteiger partial charge in [0.1, 0.15) is 5.75 Å². The van der Waals surface area contributed by atoms with E-state index in [2.05, 4.69) is 11.4 Å². The summed E-state index contributed by atoms with van der Waals surface area (Å²) in [7, 11) is 0. The van der Waals surface area contributed by atoms with Gasteiger partial charge in [0.15, 0.2) is 0 Å². The molecule has 16 heavy (non-hydrogen) atoms. The first-order chi connectivity index (χ1) is 7.77. The van der Waals surface area contributed by atoms with Crippen LogP contribution in [0, 0.1) is 0 Å². The van der Waals surface area contributed by atoms with Gasteiger partial charge in [-0.25, -0.2) is 0 Å². The van der Waals surface area contributed by atoms with Gasteiger partial charge in [-0.2, -0.15) is 0 Å². The maximum absolute atomic E-state index is 9.31. The lowest BCUT2D eigenvalue weighted by atomic mass is 10.0. The molecule has 0 amide bonds. The van der Waals surface area contributed by atoms with E-state index < -0.39 is 0 Å². The Morgan fingerprint density at radius 1 is 1.50 bits per heavy atom. The van der Waals surface area contributed by atoms with E-state index in [9.17, 15) is 5.11 Å². The zero-order valence-corrected chi connectivity index (χ0v) is 9.65. The molecule has 1 heterocycles. The van der Waals surface area contributed by atoms with Crippen molar-refractivity contribution in [3.8, 4) is 5.75 Å². The van der Waals surface area contributed by atoms with Crippen LogP contribution in [0.5, 0.6) is 5.75 Å². The fourth-order valence-electron chi connectivity index (χ4n) is 2.05. The summed E-state index contributed by atoms with van der Waals surface area (Å²) >= 11 is 0. The Hall–Kier alpha value is -1.06. The second-order valence-corrected chi connectivity index (χ2v) is 4.34. The number of benzene rings is 1. The summed E-state index contributed by atoms with van der Waals surface area (Å²) in [5.41, 5.74) is 1.21. The number of ether oxygens (including phenoxy) is 1. The molecule has 2 N–H and O–H groups in total. The first-order valence-electron chi connectivity index (χ1n) is 5.90. The second kappa shape index (κ2) is 5.32. The molecule has 0 bridgehead atoms. The summed E-state index contributed by atoms with van der Waals surface area (Å²) < 4.78 is 5.68. The Balaban J connectivity index is 2.12. The van der Waals surface area contributed by atoms with Gasteiger partial charge in [0.05, 0.1) is 12.7 Å². The molecule has 0 saturated heterocycles. The lowest BCUT2D eigenvalue weighted by Gasteiger charge is -2.19. The highest BCUT2D eigenvalue weighted by molar-refractivity contribution is 5.36. The minimum atomic E-state index is -0.309. The summed E-state index contributed by atoms with van der Waals surface area (Å²) in [6, 6.07) is 8.44. The number of nitrogens with one attached hydrogen (secondary N) is 1. The molecule has 1 aliphatic rings. The Morgan fingerprint density at radius 3 is 3.12 bits per heavy atom. The van der Waals surface area contributed by atoms with Gasteiger partial charge in [0, 0.05) is 18.2 Å². The van der Waals surface area contributed by atoms with Crippen LogP contribution >= 0.6 is 0 Å². The van der Waals surface area contributed by atoms with Crippen LogP contribution in [-0.2, 0) is 0 Å². The molecule has 0 saturated carbocycles. The molecule has 0 aliphatic carbocycles. The van der Waals surface area contributed by atoms with E-state index in [1.54, 1.807) is 6.92 Å². The lowest BCUT2D eigenvalue weighted by molar-refractivity contribution is 0.185. The van der Waals surface area contributed by atoms with Crippen molar-refractivity contribution in [1.29, 1.82) is 0 Å². The van der Waals surface area contributed by atoms with E-state index >= 15 is 0 Å². The molecule has 2 atom stereocenters. The van der Waals surface area contributed by atoms with Crippen LogP contribution in [-0.4, -0.2) is 24.4 Å². The van der Waals surface area contributed by atoms with Gasteiger partial charge < -0.3 is 15.2 Å². The molecule has 1 aromatic rings. The van der Waals surface area contributed by atoms with Crippen LogP contribution in [0.2, 0.25) is 0 Å². The van der Waals surface area contributed by atoms with Crippen molar-refractivity contribution in [3.05, 3.63) is 29.8 Å². The third-order valence-corrected chi connectivity index (χ3v) is 2.85. The van der Waals surface area contributed by atoms with E-state index in [1.807, 2.05) is 18.2 Å². The lowest BCUT2D eigenvalue weighted by Crippen LogP contribution is -2.28. The van der Waals surface area contributed by atoms with E-state index in [-0.39, 0.29) is 6.10 Å². The molecule has 0 radical (unpaired) electrons. The van der Waals surface area contributed by atoms with Gasteiger partial charge in [-0.05, 0) is 25.8 Å². The smallest absolute Gasteiger partial charge is 0.124 e. The van der Waals surface area contributed by atoms with Crippen molar-refractivity contribution >= 4 is 0 Å². The van der Waals surface area contributed by atoms with Crippen molar-refractivity contribution in [2.24, 2.45) is 0 Å². The monoisotopic (exact) mass is 221 g/mol. The largest absolute Gasteiger partial charge is 0.493 e. The Morgan fingerprint density at radius 2 is 2.31 bits per heavy atom. The van der Waals surface area contributed by atoms with Gasteiger partial charge in [-0.15, -0.1) is 0 Å². The van der Waals surface area contributed by atoms with Crippen LogP contribution in [0.25, 0.3) is 0 Å². The van der Waals surface area contributed by atoms with Crippen LogP contribution in [0.15, 0.2) is 24.3 Å². The maximum Gasteiger partial charge on any atom is 0.124 e. The second-order valence-electron chi connectivity index (χ2n) is 4.34. The predicted octanol–water partition coefficient (Wildman–Crippen LogP) is 1.87. The molecule has 1 aliphatic heterocycles. The highest BCUT2D eigenvalue weighted by Crippen LogP contribution is 2.30. The van der Waals surface area contributed by atoms with Gasteiger partial charge in [0.2, 0.25) is 0 Å². The highest BCUT2D eigenvalue weighted by atomic mass is 16.5. The maximum atomic E-state index is 9.31.